The Morgan fingerprint density at radius 1 is 0.409 bits per heavy atom. The van der Waals surface area contributed by atoms with Crippen LogP contribution in [-0.2, 0) is 5.41 Å². The van der Waals surface area contributed by atoms with Gasteiger partial charge in [0.25, 0.3) is 0 Å². The molecule has 0 saturated carbocycles. The normalized spacial score (nSPS) is 15.2. The van der Waals surface area contributed by atoms with Crippen molar-refractivity contribution < 1.29 is 0 Å². The van der Waals surface area contributed by atoms with Gasteiger partial charge in [-0.3, -0.25) is 4.99 Å². The van der Waals surface area contributed by atoms with Crippen molar-refractivity contribution in [2.24, 2.45) is 4.99 Å². The van der Waals surface area contributed by atoms with Gasteiger partial charge < -0.3 is 10.2 Å². The van der Waals surface area contributed by atoms with Crippen molar-refractivity contribution in [2.45, 2.75) is 11.6 Å². The third-order valence-electron chi connectivity index (χ3n) is 13.9. The maximum absolute atomic E-state index is 5.29. The molecule has 0 fully saturated rings. The Hall–Kier alpha value is -8.53. The van der Waals surface area contributed by atoms with Gasteiger partial charge in [-0.2, -0.15) is 0 Å². The first-order chi connectivity index (χ1) is 32.7. The van der Waals surface area contributed by atoms with Crippen LogP contribution in [0.25, 0.3) is 49.9 Å². The highest BCUT2D eigenvalue weighted by molar-refractivity contribution is 6.13. The molecule has 10 aromatic rings. The number of nitrogens with one attached hydrogen (secondary N) is 1. The summed E-state index contributed by atoms with van der Waals surface area (Å²) in [4.78, 5) is 7.74. The minimum absolute atomic E-state index is 0.204. The van der Waals surface area contributed by atoms with Crippen molar-refractivity contribution in [3.63, 3.8) is 0 Å². The number of fused-ring (bicyclic) bond motifs is 11. The molecule has 0 radical (unpaired) electrons. The van der Waals surface area contributed by atoms with Crippen molar-refractivity contribution in [1.29, 1.82) is 0 Å². The van der Waals surface area contributed by atoms with Gasteiger partial charge in [-0.25, -0.2) is 0 Å². The van der Waals surface area contributed by atoms with Crippen LogP contribution in [0.3, 0.4) is 0 Å². The van der Waals surface area contributed by atoms with Gasteiger partial charge in [0, 0.05) is 16.9 Å². The first-order valence-electron chi connectivity index (χ1n) is 22.8. The highest BCUT2D eigenvalue weighted by Gasteiger charge is 2.52. The number of aliphatic imine (C=N–C) groups is 1. The van der Waals surface area contributed by atoms with Crippen molar-refractivity contribution in [3.8, 4) is 33.4 Å². The molecule has 1 aliphatic carbocycles. The Labute approximate surface area is 385 Å². The number of anilines is 3. The van der Waals surface area contributed by atoms with Gasteiger partial charge in [-0.05, 0) is 126 Å². The van der Waals surface area contributed by atoms with Crippen LogP contribution in [0.2, 0.25) is 0 Å². The summed E-state index contributed by atoms with van der Waals surface area (Å²) in [6.07, 6.45) is 1.98. The predicted molar refractivity (Wildman–Crippen MR) is 274 cm³/mol. The maximum Gasteiger partial charge on any atom is 0.145 e. The van der Waals surface area contributed by atoms with Crippen molar-refractivity contribution in [2.75, 3.05) is 4.90 Å². The molecule has 1 N–H and O–H groups in total. The Kier molecular flexibility index (Phi) is 8.82. The highest BCUT2D eigenvalue weighted by Crippen LogP contribution is 2.64. The fourth-order valence-electron chi connectivity index (χ4n) is 11.0. The minimum atomic E-state index is -0.561. The first-order valence-corrected chi connectivity index (χ1v) is 22.8. The molecule has 3 nitrogen and oxygen atoms in total. The first kappa shape index (κ1) is 38.0. The van der Waals surface area contributed by atoms with Crippen LogP contribution in [0.15, 0.2) is 254 Å². The molecule has 0 amide bonds. The van der Waals surface area contributed by atoms with E-state index in [2.05, 4.69) is 259 Å². The number of benzene rings is 10. The van der Waals surface area contributed by atoms with Gasteiger partial charge in [-0.1, -0.05) is 200 Å². The quantitative estimate of drug-likeness (QED) is 0.181. The van der Waals surface area contributed by atoms with Crippen LogP contribution in [0, 0.1) is 0 Å². The summed E-state index contributed by atoms with van der Waals surface area (Å²) in [5.41, 5.74) is 20.8. The molecule has 3 aliphatic rings. The predicted octanol–water partition coefficient (Wildman–Crippen LogP) is 15.5. The number of allylic oxidation sites excluding steroid dienone is 1. The average molecular weight is 842 g/mol. The zero-order chi connectivity index (χ0) is 43.6. The molecule has 0 saturated heterocycles. The van der Waals surface area contributed by atoms with Gasteiger partial charge in [0.05, 0.1) is 22.5 Å². The Morgan fingerprint density at radius 2 is 0.970 bits per heavy atom. The number of para-hydroxylation sites is 3. The minimum Gasteiger partial charge on any atom is -0.360 e. The molecule has 0 bridgehead atoms. The van der Waals surface area contributed by atoms with Crippen LogP contribution in [0.4, 0.5) is 17.1 Å². The van der Waals surface area contributed by atoms with Crippen LogP contribution in [0.5, 0.6) is 0 Å². The summed E-state index contributed by atoms with van der Waals surface area (Å²) >= 11 is 0. The van der Waals surface area contributed by atoms with Crippen LogP contribution < -0.4 is 10.2 Å². The molecular weight excluding hydrogens is 799 g/mol. The van der Waals surface area contributed by atoms with E-state index in [4.69, 9.17) is 4.99 Å². The van der Waals surface area contributed by atoms with Crippen molar-refractivity contribution >= 4 is 39.2 Å². The molecule has 66 heavy (non-hydrogen) atoms. The molecule has 1 atom stereocenters. The zero-order valence-corrected chi connectivity index (χ0v) is 36.1. The zero-order valence-electron chi connectivity index (χ0n) is 36.1. The van der Waals surface area contributed by atoms with Crippen LogP contribution in [-0.4, -0.2) is 5.71 Å². The maximum atomic E-state index is 5.29. The molecular formula is C63H43N3. The topological polar surface area (TPSA) is 27.6 Å². The lowest BCUT2D eigenvalue weighted by Crippen LogP contribution is -2.36. The standard InChI is InChI=1S/C63H43N3/c1-4-19-43(20-5-1)57-41-58(65-62(64-57)44-21-6-2-7-22-44)49-26-17-25-47(39-49)45-23-16-24-46(38-45)48-34-36-52-56(40-48)63(55-37-35-42-18-10-11-29-51(42)61(52)55)53-30-12-14-32-59(53)66(50-27-8-3-9-28-50)60-33-15-13-31-54(60)63/h1-41,62,64H. The Morgan fingerprint density at radius 3 is 1.68 bits per heavy atom. The van der Waals surface area contributed by atoms with Crippen LogP contribution >= 0.6 is 0 Å². The van der Waals surface area contributed by atoms with E-state index in [9.17, 15) is 0 Å². The van der Waals surface area contributed by atoms with E-state index >= 15 is 0 Å². The van der Waals surface area contributed by atoms with E-state index in [0.717, 1.165) is 44.9 Å². The van der Waals surface area contributed by atoms with Crippen LogP contribution in [0.1, 0.15) is 45.1 Å². The Balaban J connectivity index is 0.963. The van der Waals surface area contributed by atoms with E-state index in [1.807, 2.05) is 0 Å². The summed E-state index contributed by atoms with van der Waals surface area (Å²) in [6.45, 7) is 0. The number of hydrogen-bond acceptors (Lipinski definition) is 3. The molecule has 1 spiro atoms. The number of rotatable bonds is 6. The van der Waals surface area contributed by atoms with E-state index in [-0.39, 0.29) is 6.17 Å². The number of hydrogen-bond donors (Lipinski definition) is 1. The molecule has 0 aromatic heterocycles. The lowest BCUT2D eigenvalue weighted by Gasteiger charge is -2.45. The molecule has 1 unspecified atom stereocenters. The van der Waals surface area contributed by atoms with Gasteiger partial charge >= 0.3 is 0 Å². The van der Waals surface area contributed by atoms with Gasteiger partial charge in [0.2, 0.25) is 0 Å². The van der Waals surface area contributed by atoms with Gasteiger partial charge in [-0.15, -0.1) is 0 Å². The van der Waals surface area contributed by atoms with E-state index in [1.54, 1.807) is 0 Å². The smallest absolute Gasteiger partial charge is 0.145 e. The second-order valence-corrected chi connectivity index (χ2v) is 17.5. The van der Waals surface area contributed by atoms with Crippen molar-refractivity contribution in [1.82, 2.24) is 5.32 Å². The summed E-state index contributed by atoms with van der Waals surface area (Å²) in [6, 6.07) is 88.7. The molecule has 10 aromatic carbocycles. The van der Waals surface area contributed by atoms with Gasteiger partial charge in [0.15, 0.2) is 0 Å². The molecule has 13 rings (SSSR count). The number of nitrogens with zero attached hydrogens (tertiary/aromatic N) is 2. The summed E-state index contributed by atoms with van der Waals surface area (Å²) in [5.74, 6) is 0. The van der Waals surface area contributed by atoms with Crippen molar-refractivity contribution in [3.05, 3.63) is 288 Å². The fraction of sp³-hybridized carbons (Fsp3) is 0.0317. The second kappa shape index (κ2) is 15.3. The Bertz CT molecular complexity index is 3520. The second-order valence-electron chi connectivity index (χ2n) is 17.5. The van der Waals surface area contributed by atoms with E-state index in [0.29, 0.717) is 0 Å². The summed E-state index contributed by atoms with van der Waals surface area (Å²) < 4.78 is 0. The lowest BCUT2D eigenvalue weighted by atomic mass is 9.64. The summed E-state index contributed by atoms with van der Waals surface area (Å²) in [7, 11) is 0. The molecule has 3 heteroatoms. The highest BCUT2D eigenvalue weighted by atomic mass is 15.2. The van der Waals surface area contributed by atoms with E-state index in [1.165, 1.54) is 66.7 Å². The SMILES string of the molecule is C1=C(c2ccccc2)NC(c2ccccc2)N=C1c1cccc(-c2cccc(-c3ccc4c(c3)C3(c5ccccc5N(c5ccccc5)c5ccccc53)c3ccc5ccccc5c3-4)c2)c1. The summed E-state index contributed by atoms with van der Waals surface area (Å²) in [5, 5.41) is 6.23. The van der Waals surface area contributed by atoms with Gasteiger partial charge in [0.1, 0.15) is 6.17 Å². The monoisotopic (exact) mass is 841 g/mol. The largest absolute Gasteiger partial charge is 0.360 e. The fourth-order valence-corrected chi connectivity index (χ4v) is 11.0. The lowest BCUT2D eigenvalue weighted by molar-refractivity contribution is 0.664. The third-order valence-corrected chi connectivity index (χ3v) is 13.9. The molecule has 2 heterocycles. The average Bonchev–Trinajstić information content (AvgIpc) is 3.70. The third kappa shape index (κ3) is 5.94. The molecule has 310 valence electrons. The molecule has 2 aliphatic heterocycles. The van der Waals surface area contributed by atoms with E-state index < -0.39 is 5.41 Å².